The Morgan fingerprint density at radius 3 is 2.32 bits per heavy atom. The molecular weight excluding hydrogens is 887 g/mol. The predicted molar refractivity (Wildman–Crippen MR) is 256 cm³/mol. The molecule has 3 unspecified atom stereocenters. The fourth-order valence-electron chi connectivity index (χ4n) is 10.7. The Kier molecular flexibility index (Phi) is 20.8. The van der Waals surface area contributed by atoms with Gasteiger partial charge in [0.2, 0.25) is 5.79 Å². The third-order valence-corrected chi connectivity index (χ3v) is 15.2. The van der Waals surface area contributed by atoms with Crippen LogP contribution in [0.4, 0.5) is 0 Å². The molecule has 1 aromatic heterocycles. The summed E-state index contributed by atoms with van der Waals surface area (Å²) in [6.45, 7) is 12.8. The number of hydrogen-bond donors (Lipinski definition) is 2. The first-order valence-corrected chi connectivity index (χ1v) is 25.0. The number of nitrogens with zero attached hydrogens (tertiary/aromatic N) is 5. The number of amides is 1. The monoisotopic (exact) mass is 966 g/mol. The molecular formula is C52H79N5O12. The third-order valence-electron chi connectivity index (χ3n) is 15.2. The number of carbonyl (C=O) groups excluding carboxylic acids is 5. The summed E-state index contributed by atoms with van der Waals surface area (Å²) in [4.78, 5) is 72.3. The lowest BCUT2D eigenvalue weighted by molar-refractivity contribution is -0.265. The second kappa shape index (κ2) is 25.7. The van der Waals surface area contributed by atoms with Crippen LogP contribution in [0.1, 0.15) is 132 Å². The van der Waals surface area contributed by atoms with Crippen molar-refractivity contribution in [3.63, 3.8) is 0 Å². The highest BCUT2D eigenvalue weighted by molar-refractivity contribution is 6.39. The summed E-state index contributed by atoms with van der Waals surface area (Å²) in [5.41, 5.74) is 1.27. The number of Topliss-reactive ketones (excluding diaryl/α,β-unsaturated/α-hetero) is 3. The summed E-state index contributed by atoms with van der Waals surface area (Å²) in [7, 11) is 4.62. The van der Waals surface area contributed by atoms with E-state index in [1.807, 2.05) is 58.1 Å². The highest BCUT2D eigenvalue weighted by atomic mass is 16.6. The lowest BCUT2D eigenvalue weighted by Crippen LogP contribution is -2.61. The van der Waals surface area contributed by atoms with Crippen LogP contribution in [-0.2, 0) is 47.7 Å². The fraction of sp³-hybridized carbons (Fsp3) is 0.731. The van der Waals surface area contributed by atoms with Crippen LogP contribution in [0, 0.1) is 35.5 Å². The van der Waals surface area contributed by atoms with Gasteiger partial charge in [0.05, 0.1) is 24.4 Å². The van der Waals surface area contributed by atoms with Gasteiger partial charge in [-0.3, -0.25) is 19.2 Å². The van der Waals surface area contributed by atoms with Crippen molar-refractivity contribution in [2.75, 3.05) is 27.9 Å². The third kappa shape index (κ3) is 14.2. The topological polar surface area (TPSA) is 219 Å². The van der Waals surface area contributed by atoms with Gasteiger partial charge in [0, 0.05) is 58.5 Å². The van der Waals surface area contributed by atoms with Crippen molar-refractivity contribution in [1.29, 1.82) is 0 Å². The van der Waals surface area contributed by atoms with E-state index in [9.17, 15) is 34.2 Å². The molecule has 2 saturated heterocycles. The van der Waals surface area contributed by atoms with E-state index < -0.39 is 77.8 Å². The summed E-state index contributed by atoms with van der Waals surface area (Å²) >= 11 is 0. The van der Waals surface area contributed by atoms with E-state index in [0.717, 1.165) is 18.4 Å². The summed E-state index contributed by atoms with van der Waals surface area (Å²) in [5.74, 6) is -7.92. The predicted octanol–water partition coefficient (Wildman–Crippen LogP) is 6.05. The lowest BCUT2D eigenvalue weighted by Gasteiger charge is -2.42. The van der Waals surface area contributed by atoms with E-state index in [1.54, 1.807) is 52.1 Å². The van der Waals surface area contributed by atoms with Crippen LogP contribution >= 0.6 is 0 Å². The van der Waals surface area contributed by atoms with Crippen molar-refractivity contribution < 1.29 is 57.9 Å². The Bertz CT molecular complexity index is 2020. The maximum absolute atomic E-state index is 14.5. The number of esters is 1. The van der Waals surface area contributed by atoms with E-state index in [4.69, 9.17) is 23.7 Å². The Morgan fingerprint density at radius 2 is 1.64 bits per heavy atom. The van der Waals surface area contributed by atoms with Crippen molar-refractivity contribution in [3.8, 4) is 0 Å². The van der Waals surface area contributed by atoms with E-state index >= 15 is 0 Å². The smallest absolute Gasteiger partial charge is 0.329 e. The Morgan fingerprint density at radius 1 is 0.884 bits per heavy atom. The quantitative estimate of drug-likeness (QED) is 0.181. The average molecular weight is 966 g/mol. The average Bonchev–Trinajstić information content (AvgIpc) is 3.88. The Balaban J connectivity index is 1.46. The molecule has 17 heteroatoms. The van der Waals surface area contributed by atoms with Gasteiger partial charge in [-0.25, -0.2) is 9.48 Å². The largest absolute Gasteiger partial charge is 0.460 e. The van der Waals surface area contributed by atoms with Gasteiger partial charge in [0.15, 0.2) is 5.78 Å². The van der Waals surface area contributed by atoms with Crippen molar-refractivity contribution >= 4 is 29.2 Å². The molecule has 3 fully saturated rings. The summed E-state index contributed by atoms with van der Waals surface area (Å²) in [5, 5.41) is 35.2. The van der Waals surface area contributed by atoms with Crippen LogP contribution in [0.5, 0.6) is 0 Å². The standard InChI is InChI=1S/C52H79N5O12/c1-31-16-12-11-13-17-32(2)43(65-8)28-39-21-19-37(7)52(64,69-39)49(61)50(62)56-23-15-14-18-41(56)51(63)68-44(34(4)26-38-20-22-40(45(27-38)66-9)57-30-53-54-55-57)29-42(58)33(3)25-36(6)47(60)48(67-10)46(59)35(5)24-31/h11-13,16-17,25,30-31,33-35,37-41,43-45,47-48,60,64H,14-15,18-24,26-29H2,1-10H3/b13-11+,16-12+,32-17+,36-25+/t31-,33-,34-,35?,37-,38+,39+,40+,41+,43+,44+,45?,47-,48?,52-/m1/s1. The zero-order chi connectivity index (χ0) is 50.6. The van der Waals surface area contributed by atoms with Crippen molar-refractivity contribution in [1.82, 2.24) is 25.1 Å². The molecule has 0 spiro atoms. The van der Waals surface area contributed by atoms with Crippen LogP contribution < -0.4 is 0 Å². The molecule has 4 aliphatic rings. The maximum atomic E-state index is 14.5. The zero-order valence-electron chi connectivity index (χ0n) is 42.5. The summed E-state index contributed by atoms with van der Waals surface area (Å²) < 4.78 is 31.6. The molecule has 5 rings (SSSR count). The van der Waals surface area contributed by atoms with Crippen LogP contribution in [0.25, 0.3) is 0 Å². The van der Waals surface area contributed by atoms with Crippen LogP contribution in [-0.4, -0.2) is 141 Å². The molecule has 0 radical (unpaired) electrons. The highest BCUT2D eigenvalue weighted by Gasteiger charge is 2.53. The number of carbonyl (C=O) groups is 5. The number of piperidine rings is 1. The number of hydrogen-bond acceptors (Lipinski definition) is 15. The number of aliphatic hydroxyl groups excluding tert-OH is 1. The van der Waals surface area contributed by atoms with E-state index in [2.05, 4.69) is 15.5 Å². The molecule has 1 amide bonds. The number of cyclic esters (lactones) is 1. The second-order valence-corrected chi connectivity index (χ2v) is 20.4. The van der Waals surface area contributed by atoms with Gasteiger partial charge >= 0.3 is 5.97 Å². The number of ketones is 3. The molecule has 69 heavy (non-hydrogen) atoms. The minimum absolute atomic E-state index is 0.0170. The minimum Gasteiger partial charge on any atom is -0.460 e. The van der Waals surface area contributed by atoms with Gasteiger partial charge in [-0.1, -0.05) is 71.1 Å². The highest BCUT2D eigenvalue weighted by Crippen LogP contribution is 2.39. The maximum Gasteiger partial charge on any atom is 0.329 e. The number of aliphatic hydroxyl groups is 2. The van der Waals surface area contributed by atoms with Crippen LogP contribution in [0.15, 0.2) is 53.9 Å². The molecule has 2 bridgehead atoms. The van der Waals surface area contributed by atoms with Gasteiger partial charge in [0.25, 0.3) is 11.7 Å². The number of ether oxygens (including phenoxy) is 5. The molecule has 1 aliphatic carbocycles. The molecule has 2 N–H and O–H groups in total. The first-order valence-electron chi connectivity index (χ1n) is 25.0. The molecule has 384 valence electrons. The van der Waals surface area contributed by atoms with Gasteiger partial charge in [-0.05, 0) is 117 Å². The number of tetrazole rings is 1. The van der Waals surface area contributed by atoms with Gasteiger partial charge in [0.1, 0.15) is 36.5 Å². The Labute approximate surface area is 408 Å². The molecule has 0 aromatic carbocycles. The number of aromatic nitrogens is 4. The second-order valence-electron chi connectivity index (χ2n) is 20.4. The number of allylic oxidation sites excluding steroid dienone is 6. The zero-order valence-corrected chi connectivity index (χ0v) is 42.5. The normalized spacial score (nSPS) is 38.8. The van der Waals surface area contributed by atoms with Crippen molar-refractivity contribution in [2.45, 2.75) is 180 Å². The lowest BCUT2D eigenvalue weighted by atomic mass is 9.77. The van der Waals surface area contributed by atoms with Crippen molar-refractivity contribution in [3.05, 3.63) is 53.9 Å². The van der Waals surface area contributed by atoms with Crippen molar-refractivity contribution in [2.24, 2.45) is 35.5 Å². The SMILES string of the molecule is COC1C(=O)C(C)C[C@H](C)/C=C/C=C/C=C(\C)[C@@H](OC)C[C@@H]2CC[C@@H](C)[C@@](O)(O2)C(=O)C(=O)N2CCCC[C@H]2C(=O)O[C@H]([C@H](C)C[C@@H]2CC[C@H](n3cnnn3)C(OC)C2)CC(=O)[C@H](C)/C=C(\C)[C@H]1O. The fourth-order valence-corrected chi connectivity index (χ4v) is 10.7. The van der Waals surface area contributed by atoms with Gasteiger partial charge in [-0.2, -0.15) is 0 Å². The van der Waals surface area contributed by atoms with Crippen LogP contribution in [0.3, 0.4) is 0 Å². The molecule has 1 saturated carbocycles. The molecule has 17 nitrogen and oxygen atoms in total. The number of rotatable bonds is 7. The first kappa shape index (κ1) is 55.7. The molecule has 15 atom stereocenters. The Hall–Kier alpha value is -4.26. The molecule has 3 aliphatic heterocycles. The van der Waals surface area contributed by atoms with E-state index in [0.29, 0.717) is 56.9 Å². The molecule has 4 heterocycles. The number of methoxy groups -OCH3 is 3. The van der Waals surface area contributed by atoms with E-state index in [-0.39, 0.29) is 60.9 Å². The van der Waals surface area contributed by atoms with Crippen LogP contribution in [0.2, 0.25) is 0 Å². The first-order chi connectivity index (χ1) is 32.8. The number of fused-ring (bicyclic) bond motifs is 3. The van der Waals surface area contributed by atoms with E-state index in [1.165, 1.54) is 12.0 Å². The summed E-state index contributed by atoms with van der Waals surface area (Å²) in [6, 6.07) is -1.19. The summed E-state index contributed by atoms with van der Waals surface area (Å²) in [6.07, 6.45) is 13.9. The van der Waals surface area contributed by atoms with Gasteiger partial charge < -0.3 is 38.8 Å². The molecule has 1 aromatic rings. The van der Waals surface area contributed by atoms with Gasteiger partial charge in [-0.15, -0.1) is 5.10 Å². The minimum atomic E-state index is -2.43.